The van der Waals surface area contributed by atoms with Gasteiger partial charge in [-0.25, -0.2) is 4.68 Å². The molecule has 0 spiro atoms. The summed E-state index contributed by atoms with van der Waals surface area (Å²) >= 11 is 6.10. The summed E-state index contributed by atoms with van der Waals surface area (Å²) in [4.78, 5) is 12.9. The van der Waals surface area contributed by atoms with Gasteiger partial charge in [-0.2, -0.15) is 18.3 Å². The van der Waals surface area contributed by atoms with Crippen molar-refractivity contribution in [2.24, 2.45) is 0 Å². The molecular weight excluding hydrogens is 357 g/mol. The Bertz CT molecular complexity index is 813. The number of alkyl halides is 3. The molecule has 25 heavy (non-hydrogen) atoms. The summed E-state index contributed by atoms with van der Waals surface area (Å²) < 4.78 is 46.5. The van der Waals surface area contributed by atoms with Crippen LogP contribution in [0, 0.1) is 13.8 Å². The standard InChI is InChI=1S/C17H18ClF3N2O2/c1-5-23-16(25-6-2)12(8-22-23)15(24)11-7-9(3)13(17(19,20)21)10(4)14(11)18/h7-8H,5-6H2,1-4H3. The summed E-state index contributed by atoms with van der Waals surface area (Å²) in [5.74, 6) is -0.241. The summed E-state index contributed by atoms with van der Waals surface area (Å²) in [5, 5.41) is 3.87. The molecule has 0 radical (unpaired) electrons. The van der Waals surface area contributed by atoms with Gasteiger partial charge in [-0.3, -0.25) is 4.79 Å². The van der Waals surface area contributed by atoms with E-state index in [4.69, 9.17) is 16.3 Å². The summed E-state index contributed by atoms with van der Waals surface area (Å²) in [7, 11) is 0. The van der Waals surface area contributed by atoms with Crippen molar-refractivity contribution in [3.05, 3.63) is 45.1 Å². The van der Waals surface area contributed by atoms with Gasteiger partial charge >= 0.3 is 6.18 Å². The number of ketones is 1. The highest BCUT2D eigenvalue weighted by atomic mass is 35.5. The zero-order chi connectivity index (χ0) is 18.9. The highest BCUT2D eigenvalue weighted by molar-refractivity contribution is 6.36. The number of hydrogen-bond donors (Lipinski definition) is 0. The maximum absolute atomic E-state index is 13.2. The molecule has 4 nitrogen and oxygen atoms in total. The van der Waals surface area contributed by atoms with Crippen LogP contribution in [0.2, 0.25) is 5.02 Å². The van der Waals surface area contributed by atoms with Crippen molar-refractivity contribution in [2.45, 2.75) is 40.4 Å². The molecule has 2 aromatic rings. The predicted molar refractivity (Wildman–Crippen MR) is 88.4 cm³/mol. The van der Waals surface area contributed by atoms with Crippen LogP contribution in [0.15, 0.2) is 12.3 Å². The lowest BCUT2D eigenvalue weighted by molar-refractivity contribution is -0.138. The number of carbonyl (C=O) groups excluding carboxylic acids is 1. The molecule has 0 fully saturated rings. The van der Waals surface area contributed by atoms with E-state index in [-0.39, 0.29) is 33.2 Å². The second-order valence-corrected chi connectivity index (χ2v) is 5.87. The molecule has 0 amide bonds. The van der Waals surface area contributed by atoms with E-state index in [9.17, 15) is 18.0 Å². The van der Waals surface area contributed by atoms with Crippen LogP contribution in [0.4, 0.5) is 13.2 Å². The molecule has 0 aliphatic carbocycles. The first-order chi connectivity index (χ1) is 11.6. The largest absolute Gasteiger partial charge is 0.478 e. The van der Waals surface area contributed by atoms with Gasteiger partial charge in [-0.1, -0.05) is 11.6 Å². The normalized spacial score (nSPS) is 11.7. The van der Waals surface area contributed by atoms with Gasteiger partial charge in [0.05, 0.1) is 23.4 Å². The first kappa shape index (κ1) is 19.3. The predicted octanol–water partition coefficient (Wildman–Crippen LogP) is 4.82. The minimum Gasteiger partial charge on any atom is -0.478 e. The van der Waals surface area contributed by atoms with Gasteiger partial charge in [-0.15, -0.1) is 0 Å². The Morgan fingerprint density at radius 1 is 1.28 bits per heavy atom. The summed E-state index contributed by atoms with van der Waals surface area (Å²) in [6.45, 7) is 6.98. The maximum Gasteiger partial charge on any atom is 0.416 e. The maximum atomic E-state index is 13.2. The third kappa shape index (κ3) is 3.51. The Kier molecular flexibility index (Phi) is 5.46. The summed E-state index contributed by atoms with van der Waals surface area (Å²) in [6, 6.07) is 1.17. The van der Waals surface area contributed by atoms with E-state index in [1.807, 2.05) is 6.92 Å². The number of rotatable bonds is 5. The molecule has 0 aliphatic heterocycles. The second kappa shape index (κ2) is 7.07. The molecule has 0 saturated heterocycles. The fraction of sp³-hybridized carbons (Fsp3) is 0.412. The van der Waals surface area contributed by atoms with Crippen molar-refractivity contribution in [1.82, 2.24) is 9.78 Å². The van der Waals surface area contributed by atoms with Crippen molar-refractivity contribution >= 4 is 17.4 Å². The Labute approximate surface area is 148 Å². The molecule has 1 aromatic carbocycles. The van der Waals surface area contributed by atoms with Crippen molar-refractivity contribution in [3.8, 4) is 5.88 Å². The minimum atomic E-state index is -4.54. The summed E-state index contributed by atoms with van der Waals surface area (Å²) in [5.41, 5.74) is -0.870. The number of aromatic nitrogens is 2. The zero-order valence-corrected chi connectivity index (χ0v) is 15.0. The van der Waals surface area contributed by atoms with Gasteiger partial charge in [0.1, 0.15) is 5.56 Å². The van der Waals surface area contributed by atoms with Gasteiger partial charge in [0.15, 0.2) is 0 Å². The SMILES string of the molecule is CCOc1c(C(=O)c2cc(C)c(C(F)(F)F)c(C)c2Cl)cnn1CC. The lowest BCUT2D eigenvalue weighted by atomic mass is 9.95. The van der Waals surface area contributed by atoms with E-state index >= 15 is 0 Å². The first-order valence-electron chi connectivity index (χ1n) is 7.73. The highest BCUT2D eigenvalue weighted by Crippen LogP contribution is 2.39. The van der Waals surface area contributed by atoms with Crippen molar-refractivity contribution < 1.29 is 22.7 Å². The van der Waals surface area contributed by atoms with Crippen LogP contribution in [0.25, 0.3) is 0 Å². The summed E-state index contributed by atoms with van der Waals surface area (Å²) in [6.07, 6.45) is -3.20. The van der Waals surface area contributed by atoms with E-state index in [1.165, 1.54) is 30.8 Å². The van der Waals surface area contributed by atoms with E-state index < -0.39 is 17.5 Å². The third-order valence-corrected chi connectivity index (χ3v) is 4.33. The molecule has 0 N–H and O–H groups in total. The van der Waals surface area contributed by atoms with Crippen LogP contribution in [0.1, 0.15) is 46.5 Å². The van der Waals surface area contributed by atoms with Crippen LogP contribution < -0.4 is 4.74 Å². The van der Waals surface area contributed by atoms with Gasteiger partial charge in [0.2, 0.25) is 11.7 Å². The lowest BCUT2D eigenvalue weighted by Crippen LogP contribution is -2.14. The molecule has 1 aromatic heterocycles. The molecule has 8 heteroatoms. The number of aryl methyl sites for hydroxylation is 2. The Hall–Kier alpha value is -2.02. The molecular formula is C17H18ClF3N2O2. The molecule has 0 aliphatic rings. The van der Waals surface area contributed by atoms with Crippen LogP contribution in [-0.2, 0) is 12.7 Å². The number of carbonyl (C=O) groups is 1. The van der Waals surface area contributed by atoms with E-state index in [2.05, 4.69) is 5.10 Å². The van der Waals surface area contributed by atoms with Crippen molar-refractivity contribution in [2.75, 3.05) is 6.61 Å². The number of ether oxygens (including phenoxy) is 1. The van der Waals surface area contributed by atoms with Crippen LogP contribution in [0.5, 0.6) is 5.88 Å². The lowest BCUT2D eigenvalue weighted by Gasteiger charge is -2.17. The van der Waals surface area contributed by atoms with Crippen LogP contribution in [-0.4, -0.2) is 22.2 Å². The Balaban J connectivity index is 2.61. The Morgan fingerprint density at radius 3 is 2.44 bits per heavy atom. The molecule has 2 rings (SSSR count). The topological polar surface area (TPSA) is 44.1 Å². The van der Waals surface area contributed by atoms with Crippen molar-refractivity contribution in [3.63, 3.8) is 0 Å². The monoisotopic (exact) mass is 374 g/mol. The van der Waals surface area contributed by atoms with Gasteiger partial charge < -0.3 is 4.74 Å². The first-order valence-corrected chi connectivity index (χ1v) is 8.11. The fourth-order valence-corrected chi connectivity index (χ4v) is 2.98. The Morgan fingerprint density at radius 2 is 1.92 bits per heavy atom. The zero-order valence-electron chi connectivity index (χ0n) is 14.3. The molecule has 0 saturated carbocycles. The van der Waals surface area contributed by atoms with E-state index in [0.29, 0.717) is 13.2 Å². The van der Waals surface area contributed by atoms with E-state index in [0.717, 1.165) is 0 Å². The molecule has 0 bridgehead atoms. The average molecular weight is 375 g/mol. The van der Waals surface area contributed by atoms with E-state index in [1.54, 1.807) is 6.92 Å². The number of hydrogen-bond acceptors (Lipinski definition) is 3. The molecule has 1 heterocycles. The van der Waals surface area contributed by atoms with Crippen LogP contribution in [0.3, 0.4) is 0 Å². The average Bonchev–Trinajstić information content (AvgIpc) is 2.92. The second-order valence-electron chi connectivity index (χ2n) is 5.49. The molecule has 136 valence electrons. The molecule has 0 unspecified atom stereocenters. The van der Waals surface area contributed by atoms with Gasteiger partial charge in [0.25, 0.3) is 0 Å². The number of halogens is 4. The number of nitrogens with zero attached hydrogens (tertiary/aromatic N) is 2. The smallest absolute Gasteiger partial charge is 0.416 e. The molecule has 0 atom stereocenters. The highest BCUT2D eigenvalue weighted by Gasteiger charge is 2.36. The third-order valence-electron chi connectivity index (χ3n) is 3.84. The minimum absolute atomic E-state index is 0.00118. The van der Waals surface area contributed by atoms with Crippen LogP contribution >= 0.6 is 11.6 Å². The van der Waals surface area contributed by atoms with Gasteiger partial charge in [0, 0.05) is 12.1 Å². The van der Waals surface area contributed by atoms with Gasteiger partial charge in [-0.05, 0) is 44.9 Å². The quantitative estimate of drug-likeness (QED) is 0.705. The number of benzene rings is 1. The van der Waals surface area contributed by atoms with Crippen molar-refractivity contribution in [1.29, 1.82) is 0 Å². The fourth-order valence-electron chi connectivity index (χ4n) is 2.75.